The Morgan fingerprint density at radius 2 is 1.63 bits per heavy atom. The molecule has 182 valence electrons. The minimum absolute atomic E-state index is 0.308. The second kappa shape index (κ2) is 9.29. The Hall–Kier alpha value is -4.07. The molecule has 1 aliphatic heterocycles. The zero-order chi connectivity index (χ0) is 25.3. The number of hydrogen-bond acceptors (Lipinski definition) is 5. The van der Waals surface area contributed by atoms with Gasteiger partial charge >= 0.3 is 6.03 Å². The SMILES string of the molecule is CCOc1ccc(-n2c(C)cc(C(=O)CN3C(=O)NC(C)(c4ccc(OC)cc4)C3=O)c2C)cc1. The van der Waals surface area contributed by atoms with Gasteiger partial charge in [0.2, 0.25) is 0 Å². The van der Waals surface area contributed by atoms with E-state index in [0.717, 1.165) is 27.7 Å². The molecule has 1 fully saturated rings. The molecule has 3 amide bonds. The average Bonchev–Trinajstić information content (AvgIpc) is 3.27. The molecule has 1 aliphatic rings. The summed E-state index contributed by atoms with van der Waals surface area (Å²) in [4.78, 5) is 40.2. The number of aryl methyl sites for hydroxylation is 1. The topological polar surface area (TPSA) is 89.9 Å². The molecule has 2 heterocycles. The van der Waals surface area contributed by atoms with Crippen LogP contribution in [0.2, 0.25) is 0 Å². The summed E-state index contributed by atoms with van der Waals surface area (Å²) in [5, 5.41) is 2.74. The third-order valence-corrected chi connectivity index (χ3v) is 6.38. The number of ketones is 1. The molecule has 4 rings (SSSR count). The van der Waals surface area contributed by atoms with Crippen LogP contribution in [0.4, 0.5) is 4.79 Å². The molecule has 2 aromatic carbocycles. The zero-order valence-corrected chi connectivity index (χ0v) is 20.5. The number of urea groups is 1. The quantitative estimate of drug-likeness (QED) is 0.391. The fraction of sp³-hybridized carbons (Fsp3) is 0.296. The van der Waals surface area contributed by atoms with Gasteiger partial charge in [0, 0.05) is 22.6 Å². The predicted molar refractivity (Wildman–Crippen MR) is 131 cm³/mol. The predicted octanol–water partition coefficient (Wildman–Crippen LogP) is 4.15. The monoisotopic (exact) mass is 475 g/mol. The summed E-state index contributed by atoms with van der Waals surface area (Å²) in [6.45, 7) is 7.57. The van der Waals surface area contributed by atoms with Crippen LogP contribution in [0.5, 0.6) is 11.5 Å². The summed E-state index contributed by atoms with van der Waals surface area (Å²) >= 11 is 0. The normalized spacial score (nSPS) is 17.5. The van der Waals surface area contributed by atoms with Crippen LogP contribution in [0.3, 0.4) is 0 Å². The van der Waals surface area contributed by atoms with E-state index in [1.165, 1.54) is 0 Å². The van der Waals surface area contributed by atoms with E-state index in [1.54, 1.807) is 44.4 Å². The third-order valence-electron chi connectivity index (χ3n) is 6.38. The van der Waals surface area contributed by atoms with Crippen LogP contribution in [0.25, 0.3) is 5.69 Å². The van der Waals surface area contributed by atoms with E-state index in [4.69, 9.17) is 9.47 Å². The average molecular weight is 476 g/mol. The first-order valence-corrected chi connectivity index (χ1v) is 11.4. The van der Waals surface area contributed by atoms with E-state index in [9.17, 15) is 14.4 Å². The van der Waals surface area contributed by atoms with Gasteiger partial charge in [0.05, 0.1) is 20.3 Å². The highest BCUT2D eigenvalue weighted by Crippen LogP contribution is 2.31. The molecule has 1 aromatic heterocycles. The van der Waals surface area contributed by atoms with Gasteiger partial charge in [-0.05, 0) is 75.7 Å². The lowest BCUT2D eigenvalue weighted by Crippen LogP contribution is -2.41. The van der Waals surface area contributed by atoms with Gasteiger partial charge in [-0.2, -0.15) is 0 Å². The number of carbonyl (C=O) groups excluding carboxylic acids is 3. The number of Topliss-reactive ketones (excluding diaryl/α,β-unsaturated/α-hetero) is 1. The number of imide groups is 1. The molecule has 0 saturated carbocycles. The molecular formula is C27H29N3O5. The Kier molecular flexibility index (Phi) is 6.39. The molecule has 3 aromatic rings. The first-order chi connectivity index (χ1) is 16.7. The van der Waals surface area contributed by atoms with Crippen LogP contribution in [0, 0.1) is 13.8 Å². The Morgan fingerprint density at radius 3 is 2.23 bits per heavy atom. The van der Waals surface area contributed by atoms with Crippen molar-refractivity contribution in [3.05, 3.63) is 77.1 Å². The van der Waals surface area contributed by atoms with Gasteiger partial charge in [-0.3, -0.25) is 14.5 Å². The lowest BCUT2D eigenvalue weighted by atomic mass is 9.92. The van der Waals surface area contributed by atoms with Crippen molar-refractivity contribution in [1.82, 2.24) is 14.8 Å². The highest BCUT2D eigenvalue weighted by molar-refractivity contribution is 6.11. The van der Waals surface area contributed by atoms with Crippen LogP contribution >= 0.6 is 0 Å². The van der Waals surface area contributed by atoms with Crippen molar-refractivity contribution in [2.45, 2.75) is 33.2 Å². The number of nitrogens with zero attached hydrogens (tertiary/aromatic N) is 2. The number of nitrogens with one attached hydrogen (secondary N) is 1. The van der Waals surface area contributed by atoms with Crippen molar-refractivity contribution in [2.24, 2.45) is 0 Å². The van der Waals surface area contributed by atoms with E-state index < -0.39 is 17.5 Å². The van der Waals surface area contributed by atoms with Gasteiger partial charge < -0.3 is 19.4 Å². The molecule has 1 atom stereocenters. The summed E-state index contributed by atoms with van der Waals surface area (Å²) < 4.78 is 12.7. The number of methoxy groups -OCH3 is 1. The first-order valence-electron chi connectivity index (χ1n) is 11.4. The number of ether oxygens (including phenoxy) is 2. The molecule has 0 radical (unpaired) electrons. The fourth-order valence-electron chi connectivity index (χ4n) is 4.49. The van der Waals surface area contributed by atoms with Crippen molar-refractivity contribution in [3.8, 4) is 17.2 Å². The van der Waals surface area contributed by atoms with Crippen LogP contribution in [0.1, 0.15) is 41.2 Å². The lowest BCUT2D eigenvalue weighted by molar-refractivity contribution is -0.130. The molecule has 0 aliphatic carbocycles. The molecule has 35 heavy (non-hydrogen) atoms. The Bertz CT molecular complexity index is 1280. The largest absolute Gasteiger partial charge is 0.497 e. The van der Waals surface area contributed by atoms with Crippen LogP contribution in [-0.4, -0.2) is 47.4 Å². The number of amides is 3. The van der Waals surface area contributed by atoms with E-state index in [2.05, 4.69) is 5.32 Å². The van der Waals surface area contributed by atoms with Crippen molar-refractivity contribution in [2.75, 3.05) is 20.3 Å². The standard InChI is InChI=1S/C27H29N3O5/c1-6-35-22-13-9-20(10-14-22)30-17(2)15-23(18(30)3)24(31)16-29-25(32)27(4,28-26(29)33)19-7-11-21(34-5)12-8-19/h7-15H,6,16H2,1-5H3,(H,28,33). The lowest BCUT2D eigenvalue weighted by Gasteiger charge is -2.22. The van der Waals surface area contributed by atoms with E-state index in [-0.39, 0.29) is 12.3 Å². The summed E-state index contributed by atoms with van der Waals surface area (Å²) in [7, 11) is 1.56. The van der Waals surface area contributed by atoms with Crippen molar-refractivity contribution < 1.29 is 23.9 Å². The van der Waals surface area contributed by atoms with Crippen LogP contribution < -0.4 is 14.8 Å². The molecule has 1 N–H and O–H groups in total. The summed E-state index contributed by atoms with van der Waals surface area (Å²) in [5.74, 6) is 0.636. The Balaban J connectivity index is 1.56. The highest BCUT2D eigenvalue weighted by atomic mass is 16.5. The summed E-state index contributed by atoms with van der Waals surface area (Å²) in [5.41, 5.74) is 2.32. The van der Waals surface area contributed by atoms with E-state index in [1.807, 2.05) is 49.6 Å². The summed E-state index contributed by atoms with van der Waals surface area (Å²) in [6, 6.07) is 15.7. The third kappa shape index (κ3) is 4.27. The fourth-order valence-corrected chi connectivity index (χ4v) is 4.49. The molecule has 1 unspecified atom stereocenters. The second-order valence-electron chi connectivity index (χ2n) is 8.65. The Labute approximate surface area is 204 Å². The number of hydrogen-bond donors (Lipinski definition) is 1. The maximum Gasteiger partial charge on any atom is 0.325 e. The number of carbonyl (C=O) groups is 3. The maximum atomic E-state index is 13.3. The van der Waals surface area contributed by atoms with Crippen LogP contribution in [0.15, 0.2) is 54.6 Å². The molecule has 0 spiro atoms. The Morgan fingerprint density at radius 1 is 1.00 bits per heavy atom. The van der Waals surface area contributed by atoms with Gasteiger partial charge in [-0.25, -0.2) is 4.79 Å². The van der Waals surface area contributed by atoms with Crippen molar-refractivity contribution in [3.63, 3.8) is 0 Å². The minimum Gasteiger partial charge on any atom is -0.497 e. The van der Waals surface area contributed by atoms with Crippen molar-refractivity contribution in [1.29, 1.82) is 0 Å². The molecule has 1 saturated heterocycles. The van der Waals surface area contributed by atoms with E-state index >= 15 is 0 Å². The molecule has 8 nitrogen and oxygen atoms in total. The first kappa shape index (κ1) is 24.1. The number of benzene rings is 2. The zero-order valence-electron chi connectivity index (χ0n) is 20.5. The smallest absolute Gasteiger partial charge is 0.325 e. The summed E-state index contributed by atoms with van der Waals surface area (Å²) in [6.07, 6.45) is 0. The van der Waals surface area contributed by atoms with Gasteiger partial charge in [-0.1, -0.05) is 12.1 Å². The van der Waals surface area contributed by atoms with Gasteiger partial charge in [0.25, 0.3) is 5.91 Å². The van der Waals surface area contributed by atoms with Gasteiger partial charge in [0.15, 0.2) is 5.78 Å². The number of rotatable bonds is 8. The maximum absolute atomic E-state index is 13.3. The number of aromatic nitrogens is 1. The van der Waals surface area contributed by atoms with E-state index in [0.29, 0.717) is 23.5 Å². The molecular weight excluding hydrogens is 446 g/mol. The van der Waals surface area contributed by atoms with Gasteiger partial charge in [-0.15, -0.1) is 0 Å². The van der Waals surface area contributed by atoms with Crippen molar-refractivity contribution >= 4 is 17.7 Å². The molecule has 0 bridgehead atoms. The van der Waals surface area contributed by atoms with Crippen LogP contribution in [-0.2, 0) is 10.3 Å². The minimum atomic E-state index is -1.26. The van der Waals surface area contributed by atoms with Gasteiger partial charge in [0.1, 0.15) is 17.0 Å². The highest BCUT2D eigenvalue weighted by Gasteiger charge is 2.49. The molecule has 8 heteroatoms. The second-order valence-corrected chi connectivity index (χ2v) is 8.65.